The molecule has 106 valence electrons. The molecular weight excluding hydrogens is 242 g/mol. The Hall–Kier alpha value is -1.55. The number of benzene rings is 1. The average molecular weight is 265 g/mol. The molecule has 0 saturated heterocycles. The molecule has 0 radical (unpaired) electrons. The second-order valence-corrected chi connectivity index (χ2v) is 4.79. The zero-order valence-corrected chi connectivity index (χ0v) is 11.8. The molecular formula is C15H23NO3. The van der Waals surface area contributed by atoms with Gasteiger partial charge in [-0.15, -0.1) is 0 Å². The van der Waals surface area contributed by atoms with Crippen molar-refractivity contribution in [3.63, 3.8) is 0 Å². The molecule has 0 spiro atoms. The van der Waals surface area contributed by atoms with Gasteiger partial charge in [0.25, 0.3) is 5.91 Å². The van der Waals surface area contributed by atoms with Gasteiger partial charge in [0.15, 0.2) is 6.61 Å². The molecule has 0 aromatic heterocycles. The van der Waals surface area contributed by atoms with Gasteiger partial charge in [-0.25, -0.2) is 0 Å². The van der Waals surface area contributed by atoms with Crippen LogP contribution >= 0.6 is 0 Å². The van der Waals surface area contributed by atoms with Crippen molar-refractivity contribution in [2.75, 3.05) is 6.61 Å². The summed E-state index contributed by atoms with van der Waals surface area (Å²) in [6.07, 6.45) is 1.52. The fourth-order valence-corrected chi connectivity index (χ4v) is 1.81. The number of hydrogen-bond donors (Lipinski definition) is 2. The van der Waals surface area contributed by atoms with Crippen molar-refractivity contribution < 1.29 is 14.6 Å². The molecule has 0 saturated carbocycles. The van der Waals surface area contributed by atoms with E-state index in [4.69, 9.17) is 4.74 Å². The van der Waals surface area contributed by atoms with Crippen molar-refractivity contribution in [3.8, 4) is 5.75 Å². The van der Waals surface area contributed by atoms with E-state index in [1.807, 2.05) is 6.92 Å². The highest BCUT2D eigenvalue weighted by molar-refractivity contribution is 5.77. The summed E-state index contributed by atoms with van der Waals surface area (Å²) >= 11 is 0. The van der Waals surface area contributed by atoms with Crippen LogP contribution in [0.5, 0.6) is 5.75 Å². The Kier molecular flexibility index (Phi) is 6.36. The van der Waals surface area contributed by atoms with E-state index in [9.17, 15) is 9.90 Å². The fourth-order valence-electron chi connectivity index (χ4n) is 1.81. The molecule has 1 rings (SSSR count). The quantitative estimate of drug-likeness (QED) is 0.796. The standard InChI is InChI=1S/C15H23NO3/c1-4-5-11(2)16-15(18)10-19-14-8-6-13(7-9-14)12(3)17/h6-9,11-12,17H,4-5,10H2,1-3H3,(H,16,18)/t11?,12-/m0/s1. The first-order valence-electron chi connectivity index (χ1n) is 6.73. The number of carbonyl (C=O) groups is 1. The Bertz CT molecular complexity index is 387. The van der Waals surface area contributed by atoms with E-state index in [2.05, 4.69) is 12.2 Å². The fraction of sp³-hybridized carbons (Fsp3) is 0.533. The summed E-state index contributed by atoms with van der Waals surface area (Å²) in [6.45, 7) is 5.79. The second-order valence-electron chi connectivity index (χ2n) is 4.79. The molecule has 1 aromatic carbocycles. The normalized spacial score (nSPS) is 13.7. The Labute approximate surface area is 114 Å². The third-order valence-corrected chi connectivity index (χ3v) is 2.86. The summed E-state index contributed by atoms with van der Waals surface area (Å²) in [7, 11) is 0. The first kappa shape index (κ1) is 15.5. The SMILES string of the molecule is CCCC(C)NC(=O)COc1ccc([C@H](C)O)cc1. The molecule has 4 nitrogen and oxygen atoms in total. The molecule has 0 aliphatic carbocycles. The number of nitrogens with one attached hydrogen (secondary N) is 1. The van der Waals surface area contributed by atoms with E-state index < -0.39 is 6.10 Å². The highest BCUT2D eigenvalue weighted by Gasteiger charge is 2.07. The van der Waals surface area contributed by atoms with Gasteiger partial charge in [-0.05, 0) is 38.0 Å². The summed E-state index contributed by atoms with van der Waals surface area (Å²) in [5.74, 6) is 0.517. The maximum Gasteiger partial charge on any atom is 0.258 e. The number of ether oxygens (including phenoxy) is 1. The second kappa shape index (κ2) is 7.79. The molecule has 0 bridgehead atoms. The lowest BCUT2D eigenvalue weighted by molar-refractivity contribution is -0.123. The van der Waals surface area contributed by atoms with Crippen molar-refractivity contribution in [3.05, 3.63) is 29.8 Å². The molecule has 1 aromatic rings. The molecule has 4 heteroatoms. The van der Waals surface area contributed by atoms with Crippen LogP contribution in [0, 0.1) is 0 Å². The van der Waals surface area contributed by atoms with Crippen LogP contribution in [-0.4, -0.2) is 23.7 Å². The van der Waals surface area contributed by atoms with Crippen molar-refractivity contribution in [1.29, 1.82) is 0 Å². The maximum atomic E-state index is 11.6. The summed E-state index contributed by atoms with van der Waals surface area (Å²) < 4.78 is 5.39. The van der Waals surface area contributed by atoms with Gasteiger partial charge < -0.3 is 15.2 Å². The summed E-state index contributed by atoms with van der Waals surface area (Å²) in [4.78, 5) is 11.6. The lowest BCUT2D eigenvalue weighted by Gasteiger charge is -2.13. The Morgan fingerprint density at radius 3 is 2.47 bits per heavy atom. The topological polar surface area (TPSA) is 58.6 Å². The Morgan fingerprint density at radius 2 is 1.95 bits per heavy atom. The van der Waals surface area contributed by atoms with Crippen molar-refractivity contribution in [2.45, 2.75) is 45.8 Å². The molecule has 0 heterocycles. The maximum absolute atomic E-state index is 11.6. The van der Waals surface area contributed by atoms with Gasteiger partial charge in [-0.2, -0.15) is 0 Å². The lowest BCUT2D eigenvalue weighted by atomic mass is 10.1. The van der Waals surface area contributed by atoms with Crippen molar-refractivity contribution >= 4 is 5.91 Å². The van der Waals surface area contributed by atoms with Crippen LogP contribution in [0.4, 0.5) is 0 Å². The monoisotopic (exact) mass is 265 g/mol. The Morgan fingerprint density at radius 1 is 1.32 bits per heavy atom. The van der Waals surface area contributed by atoms with Gasteiger partial charge >= 0.3 is 0 Å². The van der Waals surface area contributed by atoms with Gasteiger partial charge in [0.2, 0.25) is 0 Å². The molecule has 19 heavy (non-hydrogen) atoms. The van der Waals surface area contributed by atoms with E-state index in [0.717, 1.165) is 18.4 Å². The predicted octanol–water partition coefficient (Wildman–Crippen LogP) is 2.42. The minimum atomic E-state index is -0.493. The minimum absolute atomic E-state index is 0.0160. The molecule has 0 aliphatic heterocycles. The minimum Gasteiger partial charge on any atom is -0.484 e. The van der Waals surface area contributed by atoms with E-state index >= 15 is 0 Å². The number of carbonyl (C=O) groups excluding carboxylic acids is 1. The van der Waals surface area contributed by atoms with Crippen LogP contribution in [0.15, 0.2) is 24.3 Å². The van der Waals surface area contributed by atoms with Gasteiger partial charge in [-0.1, -0.05) is 25.5 Å². The largest absolute Gasteiger partial charge is 0.484 e. The third-order valence-electron chi connectivity index (χ3n) is 2.86. The smallest absolute Gasteiger partial charge is 0.258 e. The highest BCUT2D eigenvalue weighted by Crippen LogP contribution is 2.17. The Balaban J connectivity index is 2.37. The summed E-state index contributed by atoms with van der Waals surface area (Å²) in [5.41, 5.74) is 0.827. The van der Waals surface area contributed by atoms with Gasteiger partial charge in [0.1, 0.15) is 5.75 Å². The molecule has 2 N–H and O–H groups in total. The van der Waals surface area contributed by atoms with Gasteiger partial charge in [0.05, 0.1) is 6.10 Å². The predicted molar refractivity (Wildman–Crippen MR) is 75.1 cm³/mol. The average Bonchev–Trinajstić information content (AvgIpc) is 2.37. The molecule has 1 unspecified atom stereocenters. The number of rotatable bonds is 7. The van der Waals surface area contributed by atoms with E-state index in [1.54, 1.807) is 31.2 Å². The molecule has 0 aliphatic rings. The van der Waals surface area contributed by atoms with Gasteiger partial charge in [0, 0.05) is 6.04 Å². The number of aliphatic hydroxyl groups is 1. The highest BCUT2D eigenvalue weighted by atomic mass is 16.5. The first-order chi connectivity index (χ1) is 9.02. The van der Waals surface area contributed by atoms with Crippen LogP contribution in [-0.2, 0) is 4.79 Å². The van der Waals surface area contributed by atoms with Crippen LogP contribution < -0.4 is 10.1 Å². The zero-order valence-electron chi connectivity index (χ0n) is 11.8. The van der Waals surface area contributed by atoms with Crippen molar-refractivity contribution in [1.82, 2.24) is 5.32 Å². The van der Waals surface area contributed by atoms with Crippen LogP contribution in [0.2, 0.25) is 0 Å². The van der Waals surface area contributed by atoms with E-state index in [1.165, 1.54) is 0 Å². The van der Waals surface area contributed by atoms with Crippen LogP contribution in [0.25, 0.3) is 0 Å². The molecule has 0 fully saturated rings. The zero-order chi connectivity index (χ0) is 14.3. The number of hydrogen-bond acceptors (Lipinski definition) is 3. The number of amides is 1. The first-order valence-corrected chi connectivity index (χ1v) is 6.73. The summed E-state index contributed by atoms with van der Waals surface area (Å²) in [5, 5.41) is 12.3. The van der Waals surface area contributed by atoms with E-state index in [-0.39, 0.29) is 18.6 Å². The molecule has 2 atom stereocenters. The third kappa shape index (κ3) is 5.75. The van der Waals surface area contributed by atoms with E-state index in [0.29, 0.717) is 5.75 Å². The molecule has 1 amide bonds. The van der Waals surface area contributed by atoms with Gasteiger partial charge in [-0.3, -0.25) is 4.79 Å². The van der Waals surface area contributed by atoms with Crippen LogP contribution in [0.3, 0.4) is 0 Å². The summed E-state index contributed by atoms with van der Waals surface area (Å²) in [6, 6.07) is 7.27. The number of aliphatic hydroxyl groups excluding tert-OH is 1. The van der Waals surface area contributed by atoms with Crippen molar-refractivity contribution in [2.24, 2.45) is 0 Å². The van der Waals surface area contributed by atoms with Crippen LogP contribution in [0.1, 0.15) is 45.3 Å². The lowest BCUT2D eigenvalue weighted by Crippen LogP contribution is -2.35.